The molecule has 37 heavy (non-hydrogen) atoms. The van der Waals surface area contributed by atoms with Crippen LogP contribution < -0.4 is 16.0 Å². The summed E-state index contributed by atoms with van der Waals surface area (Å²) in [6.07, 6.45) is 0.425. The van der Waals surface area contributed by atoms with Crippen molar-refractivity contribution in [2.24, 2.45) is 15.7 Å². The van der Waals surface area contributed by atoms with Crippen LogP contribution in [0.4, 0.5) is 11.5 Å². The van der Waals surface area contributed by atoms with Gasteiger partial charge in [0.15, 0.2) is 0 Å². The Bertz CT molecular complexity index is 1370. The molecule has 0 bridgehead atoms. The lowest BCUT2D eigenvalue weighted by Gasteiger charge is -2.33. The van der Waals surface area contributed by atoms with Gasteiger partial charge < -0.3 is 30.8 Å². The number of hydrogen-bond acceptors (Lipinski definition) is 7. The molecular weight excluding hydrogens is 470 g/mol. The number of anilines is 2. The number of benzene rings is 2. The predicted octanol–water partition coefficient (Wildman–Crippen LogP) is 2.77. The Balaban J connectivity index is 1.42. The van der Waals surface area contributed by atoms with Gasteiger partial charge in [-0.1, -0.05) is 48.5 Å². The third-order valence-electron chi connectivity index (χ3n) is 5.98. The number of morpholine rings is 1. The molecular formula is C27H26N7O3-. The zero-order chi connectivity index (χ0) is 25.8. The quantitative estimate of drug-likeness (QED) is 0.421. The molecule has 0 spiro atoms. The lowest BCUT2D eigenvalue weighted by atomic mass is 10.0. The van der Waals surface area contributed by atoms with Crippen LogP contribution in [0.5, 0.6) is 0 Å². The van der Waals surface area contributed by atoms with Crippen LogP contribution in [0.15, 0.2) is 82.9 Å². The number of nitrogens with zero attached hydrogens (tertiary/aromatic N) is 5. The maximum atomic E-state index is 13.0. The lowest BCUT2D eigenvalue weighted by molar-refractivity contribution is -0.117. The zero-order valence-electron chi connectivity index (χ0n) is 20.2. The van der Waals surface area contributed by atoms with E-state index in [9.17, 15) is 10.2 Å². The van der Waals surface area contributed by atoms with Crippen molar-refractivity contribution in [3.63, 3.8) is 0 Å². The largest absolute Gasteiger partial charge is 0.770 e. The summed E-state index contributed by atoms with van der Waals surface area (Å²) in [5.41, 5.74) is 9.16. The number of carbonyl (C=O) groups is 1. The molecule has 1 aromatic heterocycles. The Morgan fingerprint density at radius 1 is 1.16 bits per heavy atom. The molecule has 3 N–H and O–H groups in total. The number of pyridine rings is 1. The number of ether oxygens (including phenoxy) is 2. The van der Waals surface area contributed by atoms with Gasteiger partial charge in [-0.25, -0.2) is 9.98 Å². The van der Waals surface area contributed by atoms with Crippen molar-refractivity contribution in [2.45, 2.75) is 19.2 Å². The molecule has 188 valence electrons. The monoisotopic (exact) mass is 496 g/mol. The van der Waals surface area contributed by atoms with Crippen LogP contribution in [0.3, 0.4) is 0 Å². The van der Waals surface area contributed by atoms with E-state index in [1.165, 1.54) is 0 Å². The first kappa shape index (κ1) is 24.1. The molecule has 5 rings (SSSR count). The summed E-state index contributed by atoms with van der Waals surface area (Å²) in [5, 5.41) is 13.6. The number of aliphatic imine (C=N–C) groups is 2. The van der Waals surface area contributed by atoms with Crippen molar-refractivity contribution in [1.29, 1.82) is 0 Å². The highest BCUT2D eigenvalue weighted by Gasteiger charge is 2.26. The molecule has 1 fully saturated rings. The summed E-state index contributed by atoms with van der Waals surface area (Å²) in [5.74, 6) is -0.420. The van der Waals surface area contributed by atoms with E-state index in [0.29, 0.717) is 42.5 Å². The van der Waals surface area contributed by atoms with Crippen LogP contribution >= 0.6 is 0 Å². The molecule has 0 aliphatic carbocycles. The molecule has 1 amide bonds. The third kappa shape index (κ3) is 5.34. The highest BCUT2D eigenvalue weighted by atomic mass is 16.5. The minimum absolute atomic E-state index is 0.0212. The number of fused-ring (bicyclic) bond motifs is 1. The van der Waals surface area contributed by atoms with E-state index >= 15 is 0 Å². The van der Waals surface area contributed by atoms with Crippen molar-refractivity contribution in [2.75, 3.05) is 29.9 Å². The molecule has 10 nitrogen and oxygen atoms in total. The Hall–Kier alpha value is -4.57. The maximum Gasteiger partial charge on any atom is 0.288 e. The second kappa shape index (κ2) is 10.6. The van der Waals surface area contributed by atoms with Gasteiger partial charge in [0.25, 0.3) is 11.9 Å². The lowest BCUT2D eigenvalue weighted by Crippen LogP contribution is -2.42. The van der Waals surface area contributed by atoms with E-state index in [2.05, 4.69) is 20.3 Å². The number of rotatable bonds is 4. The molecule has 3 heterocycles. The number of aromatic nitrogens is 1. The summed E-state index contributed by atoms with van der Waals surface area (Å²) in [7, 11) is 0. The number of carbonyl (C=O) groups excluding carboxylic acids is 1. The molecule has 0 saturated carbocycles. The topological polar surface area (TPSA) is 137 Å². The first-order chi connectivity index (χ1) is 18.0. The Kier molecular flexibility index (Phi) is 6.91. The molecule has 2 atom stereocenters. The second-order valence-electron chi connectivity index (χ2n) is 8.63. The summed E-state index contributed by atoms with van der Waals surface area (Å²) in [4.78, 5) is 28.2. The van der Waals surface area contributed by atoms with Crippen LogP contribution in [0.2, 0.25) is 0 Å². The van der Waals surface area contributed by atoms with E-state index in [-0.39, 0.29) is 6.10 Å². The average Bonchev–Trinajstić information content (AvgIpc) is 3.05. The van der Waals surface area contributed by atoms with E-state index in [0.717, 1.165) is 11.1 Å². The molecule has 1 saturated heterocycles. The van der Waals surface area contributed by atoms with Crippen LogP contribution in [-0.2, 0) is 14.3 Å². The van der Waals surface area contributed by atoms with Crippen LogP contribution in [0, 0.1) is 0 Å². The van der Waals surface area contributed by atoms with Gasteiger partial charge in [0.2, 0.25) is 6.17 Å². The first-order valence-corrected chi connectivity index (χ1v) is 11.9. The number of nitrogens with one attached hydrogen (secondary N) is 1. The van der Waals surface area contributed by atoms with E-state index in [1.54, 1.807) is 24.4 Å². The number of amides is 1. The Labute approximate surface area is 214 Å². The van der Waals surface area contributed by atoms with Gasteiger partial charge in [-0.3, -0.25) is 4.79 Å². The SMILES string of the molecule is C[C@H]1CN(c2ncccc2C(=[N-])O/C(N)=N/C2N=C(c3ccccc3)c3ccccc3NC2=O)CCO1. The van der Waals surface area contributed by atoms with Gasteiger partial charge >= 0.3 is 0 Å². The van der Waals surface area contributed by atoms with Crippen molar-refractivity contribution in [3.8, 4) is 0 Å². The van der Waals surface area contributed by atoms with Crippen molar-refractivity contribution >= 4 is 35.0 Å². The van der Waals surface area contributed by atoms with Gasteiger partial charge in [-0.05, 0) is 25.1 Å². The normalized spacial score (nSPS) is 19.8. The Morgan fingerprint density at radius 2 is 1.95 bits per heavy atom. The molecule has 2 aliphatic heterocycles. The molecule has 2 aromatic carbocycles. The fourth-order valence-corrected chi connectivity index (χ4v) is 4.29. The van der Waals surface area contributed by atoms with Crippen molar-refractivity contribution in [3.05, 3.63) is 95.0 Å². The van der Waals surface area contributed by atoms with Gasteiger partial charge in [0.1, 0.15) is 5.82 Å². The number of amidine groups is 1. The Morgan fingerprint density at radius 3 is 2.76 bits per heavy atom. The van der Waals surface area contributed by atoms with Gasteiger partial charge in [0, 0.05) is 41.9 Å². The molecule has 3 aromatic rings. The van der Waals surface area contributed by atoms with Crippen LogP contribution in [-0.4, -0.2) is 60.5 Å². The summed E-state index contributed by atoms with van der Waals surface area (Å²) in [6.45, 7) is 3.74. The number of para-hydroxylation sites is 1. The molecule has 10 heteroatoms. The number of nitrogens with two attached hydrogens (primary N) is 1. The highest BCUT2D eigenvalue weighted by molar-refractivity contribution is 6.19. The maximum absolute atomic E-state index is 13.0. The first-order valence-electron chi connectivity index (χ1n) is 11.9. The molecule has 0 radical (unpaired) electrons. The van der Waals surface area contributed by atoms with Gasteiger partial charge in [-0.15, -0.1) is 0 Å². The van der Waals surface area contributed by atoms with E-state index in [4.69, 9.17) is 15.2 Å². The molecule has 1 unspecified atom stereocenters. The predicted molar refractivity (Wildman–Crippen MR) is 143 cm³/mol. The third-order valence-corrected chi connectivity index (χ3v) is 5.98. The fourth-order valence-electron chi connectivity index (χ4n) is 4.29. The number of benzodiazepines with no additional fused rings is 1. The summed E-state index contributed by atoms with van der Waals surface area (Å²) >= 11 is 0. The smallest absolute Gasteiger partial charge is 0.288 e. The van der Waals surface area contributed by atoms with Gasteiger partial charge in [0.05, 0.1) is 24.1 Å². The minimum Gasteiger partial charge on any atom is -0.770 e. The van der Waals surface area contributed by atoms with Gasteiger partial charge in [-0.2, -0.15) is 4.99 Å². The van der Waals surface area contributed by atoms with Crippen molar-refractivity contribution < 1.29 is 14.3 Å². The summed E-state index contributed by atoms with van der Waals surface area (Å²) in [6, 6.07) is 19.8. The van der Waals surface area contributed by atoms with E-state index in [1.807, 2.05) is 60.4 Å². The number of hydrogen-bond donors (Lipinski definition) is 2. The van der Waals surface area contributed by atoms with Crippen LogP contribution in [0.1, 0.15) is 23.6 Å². The second-order valence-corrected chi connectivity index (χ2v) is 8.63. The highest BCUT2D eigenvalue weighted by Crippen LogP contribution is 2.25. The minimum atomic E-state index is -1.23. The summed E-state index contributed by atoms with van der Waals surface area (Å²) < 4.78 is 11.1. The van der Waals surface area contributed by atoms with Crippen molar-refractivity contribution in [1.82, 2.24) is 4.98 Å². The fraction of sp³-hybridized carbons (Fsp3) is 0.222. The molecule has 2 aliphatic rings. The van der Waals surface area contributed by atoms with E-state index < -0.39 is 24.0 Å². The zero-order valence-corrected chi connectivity index (χ0v) is 20.2. The standard InChI is InChI=1S/C27H26N7O3/c1-17-16-34(14-15-36-17)25-20(11-7-13-30-25)23(28)37-27(29)33-24-26(35)31-21-12-6-5-10-19(21)22(32-24)18-8-3-2-4-9-18/h2-13,17,24H,14-16H2,1H3,(H2,29,33)(H,31,35)/q-1/t17-,24?/m0/s1. The average molecular weight is 497 g/mol. The van der Waals surface area contributed by atoms with Crippen LogP contribution in [0.25, 0.3) is 5.41 Å².